The molecular weight excluding hydrogens is 285 g/mol. The first-order chi connectivity index (χ1) is 7.99. The van der Waals surface area contributed by atoms with Gasteiger partial charge in [0, 0.05) is 25.0 Å². The summed E-state index contributed by atoms with van der Waals surface area (Å²) < 4.78 is 32.2. The molecule has 1 heterocycles. The molecule has 1 aliphatic rings. The molecule has 0 aromatic carbocycles. The van der Waals surface area contributed by atoms with Crippen LogP contribution in [0, 0.1) is 0 Å². The number of hydrogen-bond donors (Lipinski definition) is 1. The number of nitrogens with one attached hydrogen (secondary N) is 1. The van der Waals surface area contributed by atoms with Crippen LogP contribution in [0.5, 0.6) is 0 Å². The Hall–Kier alpha value is 0.450. The van der Waals surface area contributed by atoms with Crippen LogP contribution in [0.25, 0.3) is 0 Å². The van der Waals surface area contributed by atoms with Crippen LogP contribution in [0.2, 0.25) is 0 Å². The van der Waals surface area contributed by atoms with Crippen LogP contribution < -0.4 is 4.72 Å². The summed E-state index contributed by atoms with van der Waals surface area (Å²) in [6.45, 7) is 2.86. The van der Waals surface area contributed by atoms with Crippen LogP contribution in [0.4, 0.5) is 0 Å². The van der Waals surface area contributed by atoms with Gasteiger partial charge in [0.2, 0.25) is 10.0 Å². The first kappa shape index (κ1) is 15.5. The average molecular weight is 304 g/mol. The number of ether oxygens (including phenoxy) is 1. The summed E-state index contributed by atoms with van der Waals surface area (Å²) in [5, 5.41) is -0.395. The third-order valence-corrected chi connectivity index (χ3v) is 6.24. The van der Waals surface area contributed by atoms with Crippen molar-refractivity contribution in [1.82, 2.24) is 4.72 Å². The van der Waals surface area contributed by atoms with Crippen LogP contribution in [0.3, 0.4) is 0 Å². The quantitative estimate of drug-likeness (QED) is 0.760. The monoisotopic (exact) mass is 303 g/mol. The number of halogens is 2. The summed E-state index contributed by atoms with van der Waals surface area (Å²) in [5.41, 5.74) is -0.736. The Balaban J connectivity index is 2.76. The molecule has 0 bridgehead atoms. The molecule has 4 nitrogen and oxygen atoms in total. The maximum absolute atomic E-state index is 12.2. The summed E-state index contributed by atoms with van der Waals surface area (Å²) >= 11 is 11.7. The number of rotatable bonds is 6. The van der Waals surface area contributed by atoms with E-state index in [1.807, 2.05) is 6.92 Å². The summed E-state index contributed by atoms with van der Waals surface area (Å²) in [6.07, 6.45) is 1.63. The molecule has 1 aliphatic heterocycles. The number of alkyl halides is 2. The molecule has 1 fully saturated rings. The molecule has 0 radical (unpaired) electrons. The van der Waals surface area contributed by atoms with Crippen LogP contribution in [0.15, 0.2) is 0 Å². The Bertz CT molecular complexity index is 316. The predicted molar refractivity (Wildman–Crippen MR) is 70.4 cm³/mol. The molecule has 1 N–H and O–H groups in total. The SMILES string of the molecule is CCC(CCl)(CCl)NS(=O)(=O)C1CCOCC1. The largest absolute Gasteiger partial charge is 0.381 e. The van der Waals surface area contributed by atoms with E-state index in [2.05, 4.69) is 4.72 Å². The second-order valence-electron chi connectivity index (χ2n) is 4.36. The average Bonchev–Trinajstić information content (AvgIpc) is 2.37. The highest BCUT2D eigenvalue weighted by atomic mass is 35.5. The molecular formula is C10H19Cl2NO3S. The minimum Gasteiger partial charge on any atom is -0.381 e. The molecule has 0 aromatic heterocycles. The van der Waals surface area contributed by atoms with Gasteiger partial charge in [-0.2, -0.15) is 0 Å². The highest BCUT2D eigenvalue weighted by Crippen LogP contribution is 2.21. The van der Waals surface area contributed by atoms with Crippen molar-refractivity contribution in [2.45, 2.75) is 37.0 Å². The van der Waals surface area contributed by atoms with Crippen molar-refractivity contribution < 1.29 is 13.2 Å². The number of sulfonamides is 1. The van der Waals surface area contributed by atoms with Gasteiger partial charge in [-0.1, -0.05) is 6.92 Å². The molecule has 1 rings (SSSR count). The summed E-state index contributed by atoms with van der Waals surface area (Å²) in [5.74, 6) is 0.352. The maximum Gasteiger partial charge on any atom is 0.215 e. The van der Waals surface area contributed by atoms with Gasteiger partial charge in [-0.05, 0) is 19.3 Å². The van der Waals surface area contributed by atoms with Crippen LogP contribution in [-0.4, -0.2) is 44.2 Å². The first-order valence-electron chi connectivity index (χ1n) is 5.72. The third-order valence-electron chi connectivity index (χ3n) is 3.15. The minimum atomic E-state index is -3.38. The predicted octanol–water partition coefficient (Wildman–Crippen LogP) is 1.71. The van der Waals surface area contributed by atoms with E-state index in [0.717, 1.165) is 0 Å². The van der Waals surface area contributed by atoms with Gasteiger partial charge in [0.25, 0.3) is 0 Å². The van der Waals surface area contributed by atoms with Crippen molar-refractivity contribution in [3.05, 3.63) is 0 Å². The van der Waals surface area contributed by atoms with E-state index in [-0.39, 0.29) is 11.8 Å². The van der Waals surface area contributed by atoms with Gasteiger partial charge in [-0.25, -0.2) is 13.1 Å². The second-order valence-corrected chi connectivity index (χ2v) is 6.86. The Kier molecular flexibility index (Phi) is 5.99. The van der Waals surface area contributed by atoms with Crippen molar-refractivity contribution in [3.63, 3.8) is 0 Å². The molecule has 7 heteroatoms. The van der Waals surface area contributed by atoms with Crippen molar-refractivity contribution in [1.29, 1.82) is 0 Å². The van der Waals surface area contributed by atoms with E-state index in [1.54, 1.807) is 0 Å². The molecule has 0 saturated carbocycles. The van der Waals surface area contributed by atoms with Crippen LogP contribution in [0.1, 0.15) is 26.2 Å². The highest BCUT2D eigenvalue weighted by Gasteiger charge is 2.36. The summed E-state index contributed by atoms with van der Waals surface area (Å²) in [7, 11) is -3.38. The number of hydrogen-bond acceptors (Lipinski definition) is 3. The Labute approximate surface area is 113 Å². The Morgan fingerprint density at radius 2 is 1.82 bits per heavy atom. The van der Waals surface area contributed by atoms with Gasteiger partial charge in [-0.3, -0.25) is 0 Å². The first-order valence-corrected chi connectivity index (χ1v) is 8.33. The topological polar surface area (TPSA) is 55.4 Å². The van der Waals surface area contributed by atoms with Gasteiger partial charge in [0.15, 0.2) is 0 Å². The third kappa shape index (κ3) is 3.96. The molecule has 102 valence electrons. The zero-order chi connectivity index (χ0) is 12.9. The molecule has 0 unspecified atom stereocenters. The normalized spacial score (nSPS) is 19.5. The van der Waals surface area contributed by atoms with Crippen molar-refractivity contribution in [2.24, 2.45) is 0 Å². The van der Waals surface area contributed by atoms with Crippen molar-refractivity contribution in [3.8, 4) is 0 Å². The highest BCUT2D eigenvalue weighted by molar-refractivity contribution is 7.90. The van der Waals surface area contributed by atoms with Crippen LogP contribution in [-0.2, 0) is 14.8 Å². The molecule has 0 spiro atoms. The van der Waals surface area contributed by atoms with Gasteiger partial charge < -0.3 is 4.74 Å². The smallest absolute Gasteiger partial charge is 0.215 e. The standard InChI is InChI=1S/C10H19Cl2NO3S/c1-2-10(7-11,8-12)13-17(14,15)9-3-5-16-6-4-9/h9,13H,2-8H2,1H3. The van der Waals surface area contributed by atoms with Crippen LogP contribution >= 0.6 is 23.2 Å². The molecule has 0 aromatic rings. The van der Waals surface area contributed by atoms with E-state index < -0.39 is 20.8 Å². The molecule has 0 amide bonds. The zero-order valence-corrected chi connectivity index (χ0v) is 12.2. The second kappa shape index (κ2) is 6.57. The van der Waals surface area contributed by atoms with Gasteiger partial charge in [0.05, 0.1) is 10.8 Å². The lowest BCUT2D eigenvalue weighted by molar-refractivity contribution is 0.0979. The van der Waals surface area contributed by atoms with Gasteiger partial charge in [0.1, 0.15) is 0 Å². The van der Waals surface area contributed by atoms with Gasteiger partial charge >= 0.3 is 0 Å². The lowest BCUT2D eigenvalue weighted by Gasteiger charge is -2.32. The fourth-order valence-electron chi connectivity index (χ4n) is 1.72. The van der Waals surface area contributed by atoms with E-state index >= 15 is 0 Å². The summed E-state index contributed by atoms with van der Waals surface area (Å²) in [4.78, 5) is 0. The van der Waals surface area contributed by atoms with E-state index in [0.29, 0.717) is 32.5 Å². The molecule has 0 aliphatic carbocycles. The maximum atomic E-state index is 12.2. The molecule has 0 atom stereocenters. The van der Waals surface area contributed by atoms with E-state index in [9.17, 15) is 8.42 Å². The lowest BCUT2D eigenvalue weighted by atomic mass is 10.0. The van der Waals surface area contributed by atoms with Crippen molar-refractivity contribution in [2.75, 3.05) is 25.0 Å². The van der Waals surface area contributed by atoms with E-state index in [4.69, 9.17) is 27.9 Å². The lowest BCUT2D eigenvalue weighted by Crippen LogP contribution is -2.54. The van der Waals surface area contributed by atoms with Gasteiger partial charge in [-0.15, -0.1) is 23.2 Å². The summed E-state index contributed by atoms with van der Waals surface area (Å²) in [6, 6.07) is 0. The Morgan fingerprint density at radius 3 is 2.24 bits per heavy atom. The molecule has 17 heavy (non-hydrogen) atoms. The fourth-order valence-corrected chi connectivity index (χ4v) is 4.55. The molecule has 1 saturated heterocycles. The minimum absolute atomic E-state index is 0.176. The zero-order valence-electron chi connectivity index (χ0n) is 9.92. The fraction of sp³-hybridized carbons (Fsp3) is 1.00. The Morgan fingerprint density at radius 1 is 1.29 bits per heavy atom. The van der Waals surface area contributed by atoms with E-state index in [1.165, 1.54) is 0 Å². The van der Waals surface area contributed by atoms with Crippen molar-refractivity contribution >= 4 is 33.2 Å².